The zero-order chi connectivity index (χ0) is 25.2. The number of hydrogen-bond acceptors (Lipinski definition) is 4. The molecule has 1 fully saturated rings. The highest BCUT2D eigenvalue weighted by Crippen LogP contribution is 2.48. The number of carbonyl (C=O) groups is 2. The van der Waals surface area contributed by atoms with Gasteiger partial charge >= 0.3 is 5.97 Å². The number of aryl methyl sites for hydroxylation is 1. The number of aromatic nitrogens is 1. The summed E-state index contributed by atoms with van der Waals surface area (Å²) in [5, 5.41) is 2.88. The molecule has 1 amide bonds. The van der Waals surface area contributed by atoms with Crippen molar-refractivity contribution < 1.29 is 18.7 Å². The normalized spacial score (nSPS) is 19.6. The molecule has 1 N–H and O–H groups in total. The molecule has 6 rings (SSSR count). The molecule has 3 aliphatic rings. The van der Waals surface area contributed by atoms with Gasteiger partial charge in [-0.1, -0.05) is 24.3 Å². The van der Waals surface area contributed by atoms with Gasteiger partial charge in [-0.2, -0.15) is 0 Å². The molecule has 2 bridgehead atoms. The lowest BCUT2D eigenvalue weighted by Crippen LogP contribution is -2.26. The summed E-state index contributed by atoms with van der Waals surface area (Å²) in [4.78, 5) is 29.7. The Labute approximate surface area is 210 Å². The zero-order valence-electron chi connectivity index (χ0n) is 20.5. The highest BCUT2D eigenvalue weighted by Gasteiger charge is 2.35. The minimum absolute atomic E-state index is 0.240. The van der Waals surface area contributed by atoms with Gasteiger partial charge in [-0.15, -0.1) is 0 Å². The van der Waals surface area contributed by atoms with E-state index >= 15 is 0 Å². The molecule has 3 aromatic rings. The summed E-state index contributed by atoms with van der Waals surface area (Å²) in [6.45, 7) is 4.18. The van der Waals surface area contributed by atoms with Gasteiger partial charge in [-0.05, 0) is 97.0 Å². The second-order valence-corrected chi connectivity index (χ2v) is 9.70. The van der Waals surface area contributed by atoms with E-state index in [1.807, 2.05) is 19.1 Å². The van der Waals surface area contributed by atoms with Gasteiger partial charge in [0.25, 0.3) is 5.91 Å². The summed E-state index contributed by atoms with van der Waals surface area (Å²) < 4.78 is 18.8. The van der Waals surface area contributed by atoms with Crippen LogP contribution in [0.4, 0.5) is 4.39 Å². The lowest BCUT2D eigenvalue weighted by molar-refractivity contribution is -0.138. The van der Waals surface area contributed by atoms with Crippen LogP contribution in [0.2, 0.25) is 0 Å². The second kappa shape index (κ2) is 10.1. The fourth-order valence-electron chi connectivity index (χ4n) is 5.15. The molecular formula is C30H29FN2O3. The fourth-order valence-corrected chi connectivity index (χ4v) is 5.15. The van der Waals surface area contributed by atoms with E-state index < -0.39 is 0 Å². The highest BCUT2D eigenvalue weighted by atomic mass is 19.1. The minimum atomic E-state index is -0.264. The smallest absolute Gasteiger partial charge is 0.334 e. The van der Waals surface area contributed by atoms with Gasteiger partial charge in [-0.3, -0.25) is 9.78 Å². The Kier molecular flexibility index (Phi) is 6.68. The summed E-state index contributed by atoms with van der Waals surface area (Å²) in [6, 6.07) is 12.9. The summed E-state index contributed by atoms with van der Waals surface area (Å²) in [5.41, 5.74) is 6.58. The van der Waals surface area contributed by atoms with E-state index in [-0.39, 0.29) is 17.7 Å². The predicted molar refractivity (Wildman–Crippen MR) is 137 cm³/mol. The first-order valence-electron chi connectivity index (χ1n) is 12.4. The molecule has 1 heterocycles. The van der Waals surface area contributed by atoms with Gasteiger partial charge < -0.3 is 10.1 Å². The number of ether oxygens (including phenoxy) is 1. The number of carbonyl (C=O) groups excluding carboxylic acids is 2. The maximum Gasteiger partial charge on any atom is 0.334 e. The summed E-state index contributed by atoms with van der Waals surface area (Å²) in [7, 11) is 0. The molecule has 2 aromatic carbocycles. The monoisotopic (exact) mass is 484 g/mol. The molecule has 6 heteroatoms. The van der Waals surface area contributed by atoms with Gasteiger partial charge in [0, 0.05) is 30.1 Å². The first-order valence-corrected chi connectivity index (χ1v) is 12.4. The Hall–Kier alpha value is -3.80. The van der Waals surface area contributed by atoms with Crippen LogP contribution in [0.1, 0.15) is 64.7 Å². The minimum Gasteiger partial charge on any atom is -0.463 e. The van der Waals surface area contributed by atoms with Gasteiger partial charge in [0.2, 0.25) is 0 Å². The molecule has 5 nitrogen and oxygen atoms in total. The first kappa shape index (κ1) is 23.9. The molecule has 0 radical (unpaired) electrons. The van der Waals surface area contributed by atoms with Crippen molar-refractivity contribution in [3.05, 3.63) is 94.1 Å². The van der Waals surface area contributed by atoms with Gasteiger partial charge in [-0.25, -0.2) is 9.18 Å². The summed E-state index contributed by atoms with van der Waals surface area (Å²) in [6.07, 6.45) is 8.19. The van der Waals surface area contributed by atoms with Crippen LogP contribution in [0.3, 0.4) is 0 Å². The molecule has 36 heavy (non-hydrogen) atoms. The molecule has 1 saturated carbocycles. The fraction of sp³-hybridized carbons (Fsp3) is 0.300. The average Bonchev–Trinajstić information content (AvgIpc) is 2.84. The number of nitrogens with one attached hydrogen (secondary N) is 1. The molecule has 3 aliphatic carbocycles. The van der Waals surface area contributed by atoms with Crippen molar-refractivity contribution in [2.45, 2.75) is 45.6 Å². The number of amides is 1. The van der Waals surface area contributed by atoms with Gasteiger partial charge in [0.1, 0.15) is 5.82 Å². The lowest BCUT2D eigenvalue weighted by Gasteiger charge is -2.38. The van der Waals surface area contributed by atoms with Crippen molar-refractivity contribution in [3.63, 3.8) is 0 Å². The van der Waals surface area contributed by atoms with Crippen molar-refractivity contribution in [1.82, 2.24) is 10.3 Å². The topological polar surface area (TPSA) is 68.3 Å². The number of hydrogen-bond donors (Lipinski definition) is 1. The maximum absolute atomic E-state index is 13.5. The Morgan fingerprint density at radius 3 is 2.69 bits per heavy atom. The van der Waals surface area contributed by atoms with E-state index in [9.17, 15) is 14.0 Å². The largest absolute Gasteiger partial charge is 0.463 e. The highest BCUT2D eigenvalue weighted by molar-refractivity contribution is 5.96. The van der Waals surface area contributed by atoms with Crippen LogP contribution in [0.25, 0.3) is 17.2 Å². The molecule has 0 spiro atoms. The molecule has 0 atom stereocenters. The van der Waals surface area contributed by atoms with Crippen molar-refractivity contribution in [1.29, 1.82) is 0 Å². The number of nitrogens with zero attached hydrogens (tertiary/aromatic N) is 1. The van der Waals surface area contributed by atoms with Crippen LogP contribution in [-0.4, -0.2) is 23.5 Å². The average molecular weight is 485 g/mol. The molecule has 184 valence electrons. The number of fused-ring (bicyclic) bond motifs is 1. The third-order valence-corrected chi connectivity index (χ3v) is 7.15. The summed E-state index contributed by atoms with van der Waals surface area (Å²) in [5.74, 6) is 0.305. The van der Waals surface area contributed by atoms with Gasteiger partial charge in [0.15, 0.2) is 0 Å². The third-order valence-electron chi connectivity index (χ3n) is 7.15. The van der Waals surface area contributed by atoms with Crippen LogP contribution in [0.15, 0.2) is 60.4 Å². The quantitative estimate of drug-likeness (QED) is 0.438. The van der Waals surface area contributed by atoms with Gasteiger partial charge in [0.05, 0.1) is 12.2 Å². The maximum atomic E-state index is 13.5. The Balaban J connectivity index is 1.39. The number of halogens is 1. The zero-order valence-corrected chi connectivity index (χ0v) is 20.5. The Bertz CT molecular complexity index is 1360. The molecule has 1 aromatic heterocycles. The lowest BCUT2D eigenvalue weighted by atomic mass is 9.66. The molecule has 0 aliphatic heterocycles. The third kappa shape index (κ3) is 4.94. The molecule has 0 saturated heterocycles. The van der Waals surface area contributed by atoms with E-state index in [2.05, 4.69) is 28.5 Å². The second-order valence-electron chi connectivity index (χ2n) is 9.70. The predicted octanol–water partition coefficient (Wildman–Crippen LogP) is 5.97. The number of esters is 1. The van der Waals surface area contributed by atoms with Crippen molar-refractivity contribution in [2.75, 3.05) is 6.61 Å². The van der Waals surface area contributed by atoms with E-state index in [4.69, 9.17) is 4.74 Å². The van der Waals surface area contributed by atoms with Crippen LogP contribution in [0, 0.1) is 18.7 Å². The number of benzene rings is 2. The standard InChI is InChI=1S/C30H29FN2O3/c1-3-36-30(35)24-11-20-9-22(10-20)27-6-5-21(12-23(27)13-24)25-14-26(17-32-16-25)29(34)33-15-19-4-7-28(31)18(2)8-19/h4-8,12-14,16-17,20,22H,3,9-11,15H2,1-2H3,(H,33,34)/b24-13+. The Morgan fingerprint density at radius 1 is 1.08 bits per heavy atom. The number of pyridine rings is 1. The van der Waals surface area contributed by atoms with Crippen LogP contribution in [0.5, 0.6) is 0 Å². The van der Waals surface area contributed by atoms with Crippen LogP contribution < -0.4 is 5.32 Å². The summed E-state index contributed by atoms with van der Waals surface area (Å²) >= 11 is 0. The van der Waals surface area contributed by atoms with Crippen LogP contribution in [-0.2, 0) is 16.1 Å². The van der Waals surface area contributed by atoms with Crippen LogP contribution >= 0.6 is 0 Å². The Morgan fingerprint density at radius 2 is 1.92 bits per heavy atom. The van der Waals surface area contributed by atoms with Crippen molar-refractivity contribution >= 4 is 18.0 Å². The van der Waals surface area contributed by atoms with Crippen molar-refractivity contribution in [2.24, 2.45) is 5.92 Å². The van der Waals surface area contributed by atoms with E-state index in [0.717, 1.165) is 47.1 Å². The van der Waals surface area contributed by atoms with E-state index in [0.29, 0.717) is 36.1 Å². The van der Waals surface area contributed by atoms with Crippen molar-refractivity contribution in [3.8, 4) is 11.1 Å². The molecular weight excluding hydrogens is 455 g/mol. The number of rotatable bonds is 6. The first-order chi connectivity index (χ1) is 17.4. The SMILES string of the molecule is CCOC(=O)/C1=C/c2cc(-c3cncc(C(=O)NCc4ccc(F)c(C)c4)c3)ccc2C2CC(C1)C2. The molecule has 0 unspecified atom stereocenters. The van der Waals surface area contributed by atoms with E-state index in [1.165, 1.54) is 17.8 Å². The van der Waals surface area contributed by atoms with E-state index in [1.54, 1.807) is 25.3 Å².